The lowest BCUT2D eigenvalue weighted by molar-refractivity contribution is -0.121. The van der Waals surface area contributed by atoms with Crippen molar-refractivity contribution in [3.05, 3.63) is 53.6 Å². The monoisotopic (exact) mass is 687 g/mol. The van der Waals surface area contributed by atoms with Crippen molar-refractivity contribution >= 4 is 42.6 Å². The second-order valence-corrected chi connectivity index (χ2v) is 11.4. The van der Waals surface area contributed by atoms with Crippen LogP contribution in [-0.2, 0) is 14.3 Å². The molecule has 13 nitrogen and oxygen atoms in total. The first-order chi connectivity index (χ1) is 24.5. The number of rotatable bonds is 8. The number of aliphatic imine (C=N–C) groups is 3. The molecule has 4 aliphatic rings. The molecule has 50 heavy (non-hydrogen) atoms. The lowest BCUT2D eigenvalue weighted by Gasteiger charge is -2.43. The normalized spacial score (nSPS) is 20.7. The summed E-state index contributed by atoms with van der Waals surface area (Å²) in [5, 5.41) is 12.3. The number of ether oxygens (including phenoxy) is 2. The van der Waals surface area contributed by atoms with E-state index < -0.39 is 12.3 Å². The van der Waals surface area contributed by atoms with Crippen LogP contribution >= 0.6 is 0 Å². The van der Waals surface area contributed by atoms with E-state index in [4.69, 9.17) is 9.47 Å². The SMILES string of the molecule is C#C.C=NC(=NC=Nc1ccc(N2CCN(C3COC3)CC2)cc1)c1ccc(O[C@H]2CCN(C=O)C[C@H]2F)c(C#N)c1.CN.O=C1CCCN1. The van der Waals surface area contributed by atoms with E-state index in [0.29, 0.717) is 36.8 Å². The molecule has 2 aromatic rings. The molecule has 266 valence electrons. The highest BCUT2D eigenvalue weighted by Crippen LogP contribution is 2.26. The maximum absolute atomic E-state index is 14.4. The Morgan fingerprint density at radius 3 is 2.38 bits per heavy atom. The molecule has 0 aromatic heterocycles. The fraction of sp³-hybridized carbons (Fsp3) is 0.444. The predicted molar refractivity (Wildman–Crippen MR) is 194 cm³/mol. The van der Waals surface area contributed by atoms with Crippen LogP contribution < -0.4 is 20.7 Å². The Labute approximate surface area is 293 Å². The molecule has 4 fully saturated rings. The van der Waals surface area contributed by atoms with E-state index in [1.54, 1.807) is 18.2 Å². The minimum absolute atomic E-state index is 0.0268. The molecular formula is C36H46FN9O4. The van der Waals surface area contributed by atoms with Gasteiger partial charge < -0.3 is 30.3 Å². The summed E-state index contributed by atoms with van der Waals surface area (Å²) in [5.74, 6) is 0.768. The van der Waals surface area contributed by atoms with Gasteiger partial charge >= 0.3 is 0 Å². The van der Waals surface area contributed by atoms with E-state index in [0.717, 1.165) is 64.5 Å². The molecule has 3 N–H and O–H groups in total. The molecular weight excluding hydrogens is 641 g/mol. The summed E-state index contributed by atoms with van der Waals surface area (Å²) in [6.45, 7) is 10.6. The largest absolute Gasteiger partial charge is 0.486 e. The minimum Gasteiger partial charge on any atom is -0.486 e. The van der Waals surface area contributed by atoms with Crippen molar-refractivity contribution in [2.75, 3.05) is 71.0 Å². The summed E-state index contributed by atoms with van der Waals surface area (Å²) in [6, 6.07) is 15.6. The van der Waals surface area contributed by atoms with Gasteiger partial charge in [0.25, 0.3) is 0 Å². The van der Waals surface area contributed by atoms with E-state index in [1.165, 1.54) is 24.0 Å². The zero-order valence-corrected chi connectivity index (χ0v) is 28.5. The van der Waals surface area contributed by atoms with Gasteiger partial charge in [-0.3, -0.25) is 14.5 Å². The van der Waals surface area contributed by atoms with Gasteiger partial charge in [-0.2, -0.15) is 5.26 Å². The van der Waals surface area contributed by atoms with Crippen molar-refractivity contribution in [2.24, 2.45) is 20.7 Å². The minimum atomic E-state index is -1.33. The number of hydrogen-bond acceptors (Lipinski definition) is 9. The molecule has 4 heterocycles. The van der Waals surface area contributed by atoms with Crippen molar-refractivity contribution in [3.63, 3.8) is 0 Å². The molecule has 0 aliphatic carbocycles. The molecule has 0 bridgehead atoms. The Morgan fingerprint density at radius 2 is 1.86 bits per heavy atom. The number of likely N-dealkylation sites (tertiary alicyclic amines) is 1. The van der Waals surface area contributed by atoms with Crippen LogP contribution in [0.5, 0.6) is 5.75 Å². The Morgan fingerprint density at radius 1 is 1.14 bits per heavy atom. The Kier molecular flexibility index (Phi) is 16.5. The van der Waals surface area contributed by atoms with Crippen LogP contribution in [0.1, 0.15) is 30.4 Å². The van der Waals surface area contributed by atoms with Crippen molar-refractivity contribution in [1.29, 1.82) is 5.26 Å². The zero-order chi connectivity index (χ0) is 36.3. The second kappa shape index (κ2) is 21.0. The third kappa shape index (κ3) is 11.2. The number of carbonyl (C=O) groups excluding carboxylic acids is 2. The van der Waals surface area contributed by atoms with Gasteiger partial charge in [0.15, 0.2) is 12.0 Å². The zero-order valence-electron chi connectivity index (χ0n) is 28.5. The maximum atomic E-state index is 14.4. The number of piperazine rings is 1. The Bertz CT molecular complexity index is 1510. The quantitative estimate of drug-likeness (QED) is 0.185. The molecule has 14 heteroatoms. The highest BCUT2D eigenvalue weighted by Gasteiger charge is 2.31. The van der Waals surface area contributed by atoms with Crippen LogP contribution in [0.4, 0.5) is 15.8 Å². The van der Waals surface area contributed by atoms with Crippen LogP contribution in [-0.4, -0.2) is 125 Å². The number of nitrogens with one attached hydrogen (secondary N) is 1. The number of terminal acetylenes is 1. The summed E-state index contributed by atoms with van der Waals surface area (Å²) in [7, 11) is 1.50. The predicted octanol–water partition coefficient (Wildman–Crippen LogP) is 2.55. The van der Waals surface area contributed by atoms with Crippen LogP contribution in [0.25, 0.3) is 0 Å². The second-order valence-electron chi connectivity index (χ2n) is 11.4. The van der Waals surface area contributed by atoms with Gasteiger partial charge in [0, 0.05) is 63.4 Å². The summed E-state index contributed by atoms with van der Waals surface area (Å²) in [4.78, 5) is 40.0. The molecule has 0 spiro atoms. The lowest BCUT2D eigenvalue weighted by atomic mass is 10.1. The first-order valence-electron chi connectivity index (χ1n) is 16.4. The summed E-state index contributed by atoms with van der Waals surface area (Å²) >= 11 is 0. The smallest absolute Gasteiger partial charge is 0.220 e. The Balaban J connectivity index is 0.000000595. The van der Waals surface area contributed by atoms with E-state index >= 15 is 0 Å². The number of nitrogens with two attached hydrogens (primary N) is 1. The average Bonchev–Trinajstić information content (AvgIpc) is 3.64. The van der Waals surface area contributed by atoms with Crippen molar-refractivity contribution < 1.29 is 23.5 Å². The van der Waals surface area contributed by atoms with Crippen molar-refractivity contribution in [3.8, 4) is 24.7 Å². The summed E-state index contributed by atoms with van der Waals surface area (Å²) < 4.78 is 25.6. The summed E-state index contributed by atoms with van der Waals surface area (Å²) in [5.41, 5.74) is 7.21. The number of amides is 2. The third-order valence-corrected chi connectivity index (χ3v) is 8.40. The highest BCUT2D eigenvalue weighted by molar-refractivity contribution is 6.05. The number of alkyl halides is 1. The number of piperidine rings is 1. The first kappa shape index (κ1) is 39.3. The number of halogens is 1. The van der Waals surface area contributed by atoms with E-state index in [9.17, 15) is 19.2 Å². The number of carbonyl (C=O) groups is 2. The molecule has 0 unspecified atom stereocenters. The van der Waals surface area contributed by atoms with Gasteiger partial charge in [-0.25, -0.2) is 19.4 Å². The number of nitriles is 1. The van der Waals surface area contributed by atoms with E-state index in [2.05, 4.69) is 73.6 Å². The van der Waals surface area contributed by atoms with Gasteiger partial charge in [0.1, 0.15) is 24.3 Å². The van der Waals surface area contributed by atoms with Crippen LogP contribution in [0.2, 0.25) is 0 Å². The number of amidine groups is 1. The molecule has 2 atom stereocenters. The fourth-order valence-electron chi connectivity index (χ4n) is 5.61. The maximum Gasteiger partial charge on any atom is 0.220 e. The molecule has 2 amide bonds. The van der Waals surface area contributed by atoms with Crippen molar-refractivity contribution in [2.45, 2.75) is 37.6 Å². The Hall–Kier alpha value is -5.15. The molecule has 6 rings (SSSR count). The van der Waals surface area contributed by atoms with Gasteiger partial charge in [0.05, 0.1) is 37.1 Å². The van der Waals surface area contributed by atoms with E-state index in [-0.39, 0.29) is 23.8 Å². The van der Waals surface area contributed by atoms with Crippen LogP contribution in [0.3, 0.4) is 0 Å². The number of nitrogens with zero attached hydrogens (tertiary/aromatic N) is 7. The first-order valence-corrected chi connectivity index (χ1v) is 16.4. The number of benzene rings is 2. The lowest BCUT2D eigenvalue weighted by Crippen LogP contribution is -2.56. The van der Waals surface area contributed by atoms with Gasteiger partial charge in [0.2, 0.25) is 12.3 Å². The van der Waals surface area contributed by atoms with Crippen molar-refractivity contribution in [1.82, 2.24) is 15.1 Å². The third-order valence-electron chi connectivity index (χ3n) is 8.40. The molecule has 2 aromatic carbocycles. The average molecular weight is 688 g/mol. The van der Waals surface area contributed by atoms with Crippen LogP contribution in [0, 0.1) is 24.2 Å². The van der Waals surface area contributed by atoms with Crippen LogP contribution in [0.15, 0.2) is 57.4 Å². The molecule has 0 saturated carbocycles. The van der Waals surface area contributed by atoms with E-state index in [1.807, 2.05) is 12.1 Å². The van der Waals surface area contributed by atoms with Gasteiger partial charge in [-0.1, -0.05) is 0 Å². The van der Waals surface area contributed by atoms with Gasteiger partial charge in [-0.05, 0) is 62.7 Å². The van der Waals surface area contributed by atoms with Gasteiger partial charge in [-0.15, -0.1) is 12.8 Å². The molecule has 4 aliphatic heterocycles. The highest BCUT2D eigenvalue weighted by atomic mass is 19.1. The molecule has 0 radical (unpaired) electrons. The molecule has 4 saturated heterocycles. The number of hydrogen-bond donors (Lipinski definition) is 2. The standard InChI is InChI=1S/C29H32FN7O3.C4H7NO.C2H2.CH5N/c1-32-29(21-2-7-27(22(14-21)15-31)40-28-8-9-35(20-38)16-26(28)30)34-19-33-23-3-5-24(6-4-23)36-10-12-37(13-11-36)25-17-39-18-25;6-4-2-1-3-5-4;2*1-2/h2-7,14,19-20,25-26,28H,1,8-13,16-18H2;1-3H2,(H,5,6);1-2H;2H2,1H3/t26-,28+;;;/m1.../s1. The topological polar surface area (TPSA) is 161 Å². The summed E-state index contributed by atoms with van der Waals surface area (Å²) in [6.07, 6.45) is 10.1. The fourth-order valence-corrected chi connectivity index (χ4v) is 5.61. The number of anilines is 1.